The standard InChI is InChI=1S/C15H32N2/c1-12(2)9-10-17(13-7-8-13)11-14(3,4)15(5,6)16/h12-13H,7-11,16H2,1-6H3. The van der Waals surface area contributed by atoms with Crippen molar-refractivity contribution in [2.24, 2.45) is 17.1 Å². The van der Waals surface area contributed by atoms with Gasteiger partial charge in [-0.2, -0.15) is 0 Å². The van der Waals surface area contributed by atoms with Crippen molar-refractivity contribution < 1.29 is 0 Å². The van der Waals surface area contributed by atoms with Gasteiger partial charge in [-0.05, 0) is 51.0 Å². The van der Waals surface area contributed by atoms with Crippen molar-refractivity contribution in [1.29, 1.82) is 0 Å². The second kappa shape index (κ2) is 5.27. The van der Waals surface area contributed by atoms with E-state index in [0.717, 1.165) is 18.5 Å². The summed E-state index contributed by atoms with van der Waals surface area (Å²) in [5.41, 5.74) is 6.37. The molecule has 2 N–H and O–H groups in total. The van der Waals surface area contributed by atoms with Crippen molar-refractivity contribution in [2.75, 3.05) is 13.1 Å². The van der Waals surface area contributed by atoms with Crippen molar-refractivity contribution in [2.45, 2.75) is 72.4 Å². The Morgan fingerprint density at radius 3 is 2.06 bits per heavy atom. The summed E-state index contributed by atoms with van der Waals surface area (Å²) in [7, 11) is 0. The molecule has 1 fully saturated rings. The van der Waals surface area contributed by atoms with Gasteiger partial charge in [0.25, 0.3) is 0 Å². The number of hydrogen-bond acceptors (Lipinski definition) is 2. The van der Waals surface area contributed by atoms with Crippen molar-refractivity contribution in [1.82, 2.24) is 4.90 Å². The van der Waals surface area contributed by atoms with Gasteiger partial charge in [-0.25, -0.2) is 0 Å². The molecule has 0 heterocycles. The van der Waals surface area contributed by atoms with Crippen LogP contribution in [0.4, 0.5) is 0 Å². The summed E-state index contributed by atoms with van der Waals surface area (Å²) in [5.74, 6) is 0.797. The van der Waals surface area contributed by atoms with Gasteiger partial charge in [0.05, 0.1) is 0 Å². The number of hydrogen-bond donors (Lipinski definition) is 1. The minimum atomic E-state index is -0.113. The molecule has 2 heteroatoms. The van der Waals surface area contributed by atoms with Crippen molar-refractivity contribution >= 4 is 0 Å². The Kier molecular flexibility index (Phi) is 4.65. The molecule has 1 rings (SSSR count). The predicted octanol–water partition coefficient (Wildman–Crippen LogP) is 3.26. The molecule has 0 spiro atoms. The zero-order valence-corrected chi connectivity index (χ0v) is 12.7. The molecular weight excluding hydrogens is 208 g/mol. The van der Waals surface area contributed by atoms with E-state index in [9.17, 15) is 0 Å². The summed E-state index contributed by atoms with van der Waals surface area (Å²) >= 11 is 0. The fourth-order valence-corrected chi connectivity index (χ4v) is 1.97. The molecule has 0 atom stereocenters. The van der Waals surface area contributed by atoms with Gasteiger partial charge >= 0.3 is 0 Å². The van der Waals surface area contributed by atoms with Gasteiger partial charge in [-0.15, -0.1) is 0 Å². The minimum absolute atomic E-state index is 0.113. The van der Waals surface area contributed by atoms with Crippen LogP contribution in [0.1, 0.15) is 60.8 Å². The molecule has 1 saturated carbocycles. The molecule has 0 saturated heterocycles. The smallest absolute Gasteiger partial charge is 0.0161 e. The predicted molar refractivity (Wildman–Crippen MR) is 76.1 cm³/mol. The molecule has 0 bridgehead atoms. The van der Waals surface area contributed by atoms with Gasteiger partial charge in [-0.3, -0.25) is 4.90 Å². The lowest BCUT2D eigenvalue weighted by atomic mass is 9.75. The molecule has 0 unspecified atom stereocenters. The summed E-state index contributed by atoms with van der Waals surface area (Å²) in [5, 5.41) is 0. The molecule has 0 aromatic rings. The Bertz CT molecular complexity index is 234. The van der Waals surface area contributed by atoms with Crippen LogP contribution < -0.4 is 5.73 Å². The van der Waals surface area contributed by atoms with Crippen LogP contribution in [0.5, 0.6) is 0 Å². The molecule has 0 radical (unpaired) electrons. The monoisotopic (exact) mass is 240 g/mol. The Balaban J connectivity index is 2.54. The summed E-state index contributed by atoms with van der Waals surface area (Å²) in [6.45, 7) is 15.9. The lowest BCUT2D eigenvalue weighted by molar-refractivity contribution is 0.104. The topological polar surface area (TPSA) is 29.3 Å². The first-order chi connectivity index (χ1) is 7.63. The molecule has 2 nitrogen and oxygen atoms in total. The van der Waals surface area contributed by atoms with Gasteiger partial charge < -0.3 is 5.73 Å². The van der Waals surface area contributed by atoms with E-state index in [1.54, 1.807) is 0 Å². The van der Waals surface area contributed by atoms with Crippen LogP contribution in [0.15, 0.2) is 0 Å². The highest BCUT2D eigenvalue weighted by molar-refractivity contribution is 4.95. The highest BCUT2D eigenvalue weighted by Crippen LogP contribution is 2.34. The van der Waals surface area contributed by atoms with E-state index in [-0.39, 0.29) is 11.0 Å². The minimum Gasteiger partial charge on any atom is -0.325 e. The van der Waals surface area contributed by atoms with E-state index in [1.807, 2.05) is 0 Å². The first kappa shape index (κ1) is 15.0. The lowest BCUT2D eigenvalue weighted by Gasteiger charge is -2.42. The highest BCUT2D eigenvalue weighted by atomic mass is 15.2. The van der Waals surface area contributed by atoms with Crippen molar-refractivity contribution in [3.63, 3.8) is 0 Å². The van der Waals surface area contributed by atoms with Crippen molar-refractivity contribution in [3.8, 4) is 0 Å². The summed E-state index contributed by atoms with van der Waals surface area (Å²) in [4.78, 5) is 2.68. The molecule has 0 aromatic carbocycles. The van der Waals surface area contributed by atoms with Crippen LogP contribution in [0.2, 0.25) is 0 Å². The molecule has 1 aliphatic rings. The summed E-state index contributed by atoms with van der Waals surface area (Å²) in [6.07, 6.45) is 4.08. The van der Waals surface area contributed by atoms with Crippen LogP contribution in [0.3, 0.4) is 0 Å². The normalized spacial score (nSPS) is 18.2. The maximum absolute atomic E-state index is 6.31. The zero-order chi connectivity index (χ0) is 13.3. The van der Waals surface area contributed by atoms with E-state index in [2.05, 4.69) is 46.4 Å². The van der Waals surface area contributed by atoms with Gasteiger partial charge in [-0.1, -0.05) is 27.7 Å². The van der Waals surface area contributed by atoms with Gasteiger partial charge in [0.1, 0.15) is 0 Å². The third-order valence-corrected chi connectivity index (χ3v) is 4.40. The quantitative estimate of drug-likeness (QED) is 0.740. The van der Waals surface area contributed by atoms with E-state index < -0.39 is 0 Å². The third-order valence-electron chi connectivity index (χ3n) is 4.40. The van der Waals surface area contributed by atoms with Crippen LogP contribution in [-0.2, 0) is 0 Å². The second-order valence-corrected chi connectivity index (χ2v) is 7.49. The van der Waals surface area contributed by atoms with Crippen molar-refractivity contribution in [3.05, 3.63) is 0 Å². The summed E-state index contributed by atoms with van der Waals surface area (Å²) in [6, 6.07) is 0.843. The Morgan fingerprint density at radius 2 is 1.71 bits per heavy atom. The van der Waals surface area contributed by atoms with Crippen LogP contribution in [-0.4, -0.2) is 29.6 Å². The van der Waals surface area contributed by atoms with E-state index >= 15 is 0 Å². The fourth-order valence-electron chi connectivity index (χ4n) is 1.97. The Morgan fingerprint density at radius 1 is 1.18 bits per heavy atom. The molecule has 17 heavy (non-hydrogen) atoms. The largest absolute Gasteiger partial charge is 0.325 e. The van der Waals surface area contributed by atoms with E-state index in [4.69, 9.17) is 5.73 Å². The maximum Gasteiger partial charge on any atom is 0.0161 e. The average molecular weight is 240 g/mol. The first-order valence-corrected chi connectivity index (χ1v) is 7.16. The first-order valence-electron chi connectivity index (χ1n) is 7.16. The van der Waals surface area contributed by atoms with Crippen LogP contribution in [0, 0.1) is 11.3 Å². The third kappa shape index (κ3) is 4.59. The van der Waals surface area contributed by atoms with Crippen LogP contribution in [0.25, 0.3) is 0 Å². The molecule has 102 valence electrons. The number of nitrogens with zero attached hydrogens (tertiary/aromatic N) is 1. The second-order valence-electron chi connectivity index (χ2n) is 7.49. The SMILES string of the molecule is CC(C)CCN(CC(C)(C)C(C)(C)N)C1CC1. The fraction of sp³-hybridized carbons (Fsp3) is 1.00. The maximum atomic E-state index is 6.31. The van der Waals surface area contributed by atoms with Gasteiger partial charge in [0.2, 0.25) is 0 Å². The van der Waals surface area contributed by atoms with Gasteiger partial charge in [0, 0.05) is 18.1 Å². The van der Waals surface area contributed by atoms with Gasteiger partial charge in [0.15, 0.2) is 0 Å². The Hall–Kier alpha value is -0.0800. The molecule has 0 amide bonds. The Labute approximate surface area is 108 Å². The van der Waals surface area contributed by atoms with E-state index in [0.29, 0.717) is 0 Å². The van der Waals surface area contributed by atoms with E-state index in [1.165, 1.54) is 25.8 Å². The molecule has 1 aliphatic carbocycles. The highest BCUT2D eigenvalue weighted by Gasteiger charge is 2.38. The number of rotatable bonds is 7. The van der Waals surface area contributed by atoms with Crippen LogP contribution >= 0.6 is 0 Å². The molecule has 0 aliphatic heterocycles. The zero-order valence-electron chi connectivity index (χ0n) is 12.7. The molecule has 0 aromatic heterocycles. The summed E-state index contributed by atoms with van der Waals surface area (Å²) < 4.78 is 0. The number of nitrogens with two attached hydrogens (primary N) is 1. The lowest BCUT2D eigenvalue weighted by Crippen LogP contribution is -2.53. The average Bonchev–Trinajstić information content (AvgIpc) is 2.92. The molecular formula is C15H32N2.